The van der Waals surface area contributed by atoms with Gasteiger partial charge >= 0.3 is 5.97 Å². The van der Waals surface area contributed by atoms with E-state index in [-0.39, 0.29) is 61.7 Å². The van der Waals surface area contributed by atoms with E-state index in [0.717, 1.165) is 28.9 Å². The van der Waals surface area contributed by atoms with E-state index in [9.17, 15) is 38.4 Å². The van der Waals surface area contributed by atoms with Crippen molar-refractivity contribution in [3.63, 3.8) is 0 Å². The number of imide groups is 2. The van der Waals surface area contributed by atoms with Crippen LogP contribution in [0.5, 0.6) is 23.0 Å². The summed E-state index contributed by atoms with van der Waals surface area (Å²) in [6.07, 6.45) is 2.31. The fourth-order valence-electron chi connectivity index (χ4n) is 8.40. The van der Waals surface area contributed by atoms with E-state index in [4.69, 9.17) is 23.7 Å². The van der Waals surface area contributed by atoms with E-state index in [1.807, 2.05) is 54.6 Å². The van der Waals surface area contributed by atoms with E-state index >= 15 is 0 Å². The van der Waals surface area contributed by atoms with Crippen molar-refractivity contribution in [2.45, 2.75) is 69.6 Å². The fraction of sp³-hybridized carbons (Fsp3) is 0.360. The molecule has 4 aromatic carbocycles. The van der Waals surface area contributed by atoms with Crippen molar-refractivity contribution in [1.82, 2.24) is 25.8 Å². The third-order valence-corrected chi connectivity index (χ3v) is 11.9. The molecule has 3 atom stereocenters. The molecule has 0 aromatic heterocycles. The van der Waals surface area contributed by atoms with Crippen LogP contribution in [0.1, 0.15) is 82.0 Å². The van der Waals surface area contributed by atoms with Gasteiger partial charge in [-0.15, -0.1) is 0 Å². The van der Waals surface area contributed by atoms with Crippen LogP contribution in [0.4, 0.5) is 0 Å². The van der Waals surface area contributed by atoms with Crippen LogP contribution in [-0.4, -0.2) is 116 Å². The highest BCUT2D eigenvalue weighted by molar-refractivity contribution is 6.24. The lowest BCUT2D eigenvalue weighted by Gasteiger charge is -2.35. The largest absolute Gasteiger partial charge is 0.493 e. The van der Waals surface area contributed by atoms with Crippen molar-refractivity contribution >= 4 is 47.3 Å². The molecule has 3 aliphatic rings. The number of esters is 1. The predicted molar refractivity (Wildman–Crippen MR) is 243 cm³/mol. The summed E-state index contributed by atoms with van der Waals surface area (Å²) in [5.74, 6) is -2.92. The Morgan fingerprint density at radius 2 is 1.47 bits per heavy atom. The number of nitrogens with one attached hydrogen (secondary N) is 3. The van der Waals surface area contributed by atoms with Crippen LogP contribution >= 0.6 is 0 Å². The highest BCUT2D eigenvalue weighted by Crippen LogP contribution is 2.35. The lowest BCUT2D eigenvalue weighted by Crippen LogP contribution is -2.54. The average molecular weight is 932 g/mol. The number of amides is 7. The van der Waals surface area contributed by atoms with Crippen molar-refractivity contribution in [2.24, 2.45) is 0 Å². The Morgan fingerprint density at radius 3 is 2.21 bits per heavy atom. The third kappa shape index (κ3) is 11.8. The van der Waals surface area contributed by atoms with Crippen LogP contribution in [0.25, 0.3) is 0 Å². The summed E-state index contributed by atoms with van der Waals surface area (Å²) in [6.45, 7) is -0.353. The molecule has 0 bridgehead atoms. The number of likely N-dealkylation sites (tertiary alicyclic amines) is 1. The molecule has 2 saturated heterocycles. The molecule has 0 spiro atoms. The molecule has 4 aromatic rings. The number of hydrogen-bond acceptors (Lipinski definition) is 13. The summed E-state index contributed by atoms with van der Waals surface area (Å²) < 4.78 is 28.6. The normalized spacial score (nSPS) is 17.1. The second-order valence-corrected chi connectivity index (χ2v) is 16.4. The zero-order valence-corrected chi connectivity index (χ0v) is 37.8. The molecular formula is C50H53N5O13. The van der Waals surface area contributed by atoms with Gasteiger partial charge in [-0.1, -0.05) is 54.6 Å². The van der Waals surface area contributed by atoms with Crippen LogP contribution in [0.15, 0.2) is 91.0 Å². The number of carbonyl (C=O) groups excluding carboxylic acids is 8. The second-order valence-electron chi connectivity index (χ2n) is 16.4. The van der Waals surface area contributed by atoms with Crippen molar-refractivity contribution in [2.75, 3.05) is 47.1 Å². The minimum absolute atomic E-state index is 0.00513. The first-order valence-corrected chi connectivity index (χ1v) is 22.4. The minimum Gasteiger partial charge on any atom is -0.493 e. The molecule has 18 nitrogen and oxygen atoms in total. The molecule has 0 aliphatic carbocycles. The molecule has 356 valence electrons. The smallest absolute Gasteiger partial charge is 0.329 e. The number of hydrogen-bond donors (Lipinski definition) is 3. The summed E-state index contributed by atoms with van der Waals surface area (Å²) in [5.41, 5.74) is 2.33. The van der Waals surface area contributed by atoms with Crippen LogP contribution in [0.2, 0.25) is 0 Å². The van der Waals surface area contributed by atoms with Gasteiger partial charge in [-0.25, -0.2) is 4.79 Å². The van der Waals surface area contributed by atoms with Gasteiger partial charge in [-0.3, -0.25) is 43.8 Å². The summed E-state index contributed by atoms with van der Waals surface area (Å²) in [5, 5.41) is 7.43. The Morgan fingerprint density at radius 1 is 0.735 bits per heavy atom. The topological polar surface area (TPSA) is 225 Å². The fourth-order valence-corrected chi connectivity index (χ4v) is 8.40. The maximum Gasteiger partial charge on any atom is 0.329 e. The van der Waals surface area contributed by atoms with E-state index in [1.165, 1.54) is 18.2 Å². The first kappa shape index (κ1) is 48.2. The van der Waals surface area contributed by atoms with Gasteiger partial charge in [0.25, 0.3) is 23.6 Å². The monoisotopic (exact) mass is 931 g/mol. The predicted octanol–water partition coefficient (Wildman–Crippen LogP) is 3.64. The highest BCUT2D eigenvalue weighted by atomic mass is 16.5. The molecule has 1 unspecified atom stereocenters. The second kappa shape index (κ2) is 22.6. The summed E-state index contributed by atoms with van der Waals surface area (Å²) in [4.78, 5) is 106. The molecule has 3 heterocycles. The molecule has 7 amide bonds. The molecule has 0 saturated carbocycles. The quantitative estimate of drug-likeness (QED) is 0.0655. The van der Waals surface area contributed by atoms with E-state index < -0.39 is 66.2 Å². The number of piperidine rings is 2. The Balaban J connectivity index is 0.915. The summed E-state index contributed by atoms with van der Waals surface area (Å²) in [7, 11) is 3.11. The molecule has 68 heavy (non-hydrogen) atoms. The average Bonchev–Trinajstić information content (AvgIpc) is 3.61. The first-order chi connectivity index (χ1) is 32.9. The van der Waals surface area contributed by atoms with Crippen LogP contribution in [0, 0.1) is 0 Å². The Hall–Kier alpha value is -7.76. The number of benzene rings is 4. The van der Waals surface area contributed by atoms with Gasteiger partial charge in [0.15, 0.2) is 24.7 Å². The lowest BCUT2D eigenvalue weighted by atomic mass is 9.99. The lowest BCUT2D eigenvalue weighted by molar-refractivity contribution is -0.162. The van der Waals surface area contributed by atoms with Gasteiger partial charge in [-0.05, 0) is 91.6 Å². The number of rotatable bonds is 20. The van der Waals surface area contributed by atoms with Gasteiger partial charge < -0.3 is 39.2 Å². The van der Waals surface area contributed by atoms with E-state index in [2.05, 4.69) is 16.0 Å². The zero-order chi connectivity index (χ0) is 48.2. The molecular weight excluding hydrogens is 879 g/mol. The van der Waals surface area contributed by atoms with Crippen LogP contribution in [0.3, 0.4) is 0 Å². The van der Waals surface area contributed by atoms with Crippen LogP contribution in [-0.2, 0) is 46.3 Å². The van der Waals surface area contributed by atoms with Crippen molar-refractivity contribution < 1.29 is 62.0 Å². The van der Waals surface area contributed by atoms with E-state index in [0.29, 0.717) is 48.6 Å². The van der Waals surface area contributed by atoms with Crippen LogP contribution < -0.4 is 34.9 Å². The molecule has 0 radical (unpaired) electrons. The number of methoxy groups -OCH3 is 2. The van der Waals surface area contributed by atoms with Gasteiger partial charge in [0.05, 0.1) is 31.8 Å². The maximum absolute atomic E-state index is 14.0. The SMILES string of the molecule is COc1ccc(CC[C@@H](OC(=O)[C@@H]2CCCCN2C(=O)Cc2ccccc2)c2cccc(OCC(=O)NCCNC(=O)COc3cccc4c3C(=O)N(C3CCC(=O)NC3=O)C4=O)c2)cc1OC. The molecule has 3 aliphatic heterocycles. The Bertz CT molecular complexity index is 2550. The van der Waals surface area contributed by atoms with Gasteiger partial charge in [0.1, 0.15) is 29.7 Å². The van der Waals surface area contributed by atoms with Crippen molar-refractivity contribution in [3.8, 4) is 23.0 Å². The van der Waals surface area contributed by atoms with Crippen molar-refractivity contribution in [1.29, 1.82) is 0 Å². The summed E-state index contributed by atoms with van der Waals surface area (Å²) >= 11 is 0. The maximum atomic E-state index is 14.0. The molecule has 3 N–H and O–H groups in total. The van der Waals surface area contributed by atoms with Crippen molar-refractivity contribution in [3.05, 3.63) is 119 Å². The van der Waals surface area contributed by atoms with Gasteiger partial charge in [0, 0.05) is 26.1 Å². The summed E-state index contributed by atoms with van der Waals surface area (Å²) in [6, 6.07) is 24.3. The number of ether oxygens (including phenoxy) is 5. The Kier molecular flexibility index (Phi) is 16.0. The third-order valence-electron chi connectivity index (χ3n) is 11.9. The number of aryl methyl sites for hydroxylation is 1. The van der Waals surface area contributed by atoms with E-state index in [1.54, 1.807) is 37.3 Å². The number of nitrogens with zero attached hydrogens (tertiary/aromatic N) is 2. The molecule has 2 fully saturated rings. The number of fused-ring (bicyclic) bond motifs is 1. The molecule has 18 heteroatoms. The standard InChI is InChI=1S/C50H53N5O13/c1-64-39-21-18-32(26-41(39)65-2)17-20-38(68-50(63)37-15-6-7-25-54(37)45(59)27-31-10-4-3-5-11-31)33-12-8-13-34(28-33)66-29-43(57)51-23-24-52-44(58)30-67-40-16-9-14-35-46(40)49(62)55(48(35)61)36-19-22-42(56)53-47(36)60/h3-5,8-14,16,18,21,26,28,36-38H,6-7,15,17,19-20,22-25,27,29-30H2,1-2H3,(H,51,57)(H,52,58)(H,53,56,60)/t36?,37-,38+/m0/s1. The zero-order valence-electron chi connectivity index (χ0n) is 37.8. The Labute approximate surface area is 392 Å². The van der Waals surface area contributed by atoms with Gasteiger partial charge in [-0.2, -0.15) is 0 Å². The first-order valence-electron chi connectivity index (χ1n) is 22.4. The van der Waals surface area contributed by atoms with Gasteiger partial charge in [0.2, 0.25) is 17.7 Å². The number of carbonyl (C=O) groups is 8. The molecule has 7 rings (SSSR count). The highest BCUT2D eigenvalue weighted by Gasteiger charge is 2.46. The minimum atomic E-state index is -1.15.